The van der Waals surface area contributed by atoms with Gasteiger partial charge in [0.2, 0.25) is 5.91 Å². The van der Waals surface area contributed by atoms with Gasteiger partial charge in [-0.05, 0) is 40.2 Å². The third kappa shape index (κ3) is 3.92. The van der Waals surface area contributed by atoms with Gasteiger partial charge >= 0.3 is 0 Å². The highest BCUT2D eigenvalue weighted by Crippen LogP contribution is 2.20. The number of rotatable bonds is 4. The third-order valence-corrected chi connectivity index (χ3v) is 4.41. The molecule has 0 radical (unpaired) electrons. The molecule has 2 aromatic heterocycles. The third-order valence-electron chi connectivity index (χ3n) is 4.41. The highest BCUT2D eigenvalue weighted by Gasteiger charge is 2.22. The molecule has 0 spiro atoms. The van der Waals surface area contributed by atoms with Crippen LogP contribution in [0, 0.1) is 13.8 Å². The number of amides is 1. The lowest BCUT2D eigenvalue weighted by Gasteiger charge is -2.20. The zero-order valence-corrected chi connectivity index (χ0v) is 16.4. The van der Waals surface area contributed by atoms with Gasteiger partial charge in [0.15, 0.2) is 0 Å². The summed E-state index contributed by atoms with van der Waals surface area (Å²) in [5.74, 6) is -0.259. The summed E-state index contributed by atoms with van der Waals surface area (Å²) < 4.78 is 2.91. The molecule has 1 amide bonds. The van der Waals surface area contributed by atoms with Crippen LogP contribution >= 0.6 is 0 Å². The fraction of sp³-hybridized carbons (Fsp3) is 0.400. The lowest BCUT2D eigenvalue weighted by molar-refractivity contribution is -0.122. The molecule has 1 N–H and O–H groups in total. The Morgan fingerprint density at radius 2 is 1.81 bits per heavy atom. The second-order valence-electron chi connectivity index (χ2n) is 7.80. The molecule has 7 nitrogen and oxygen atoms in total. The van der Waals surface area contributed by atoms with Crippen LogP contribution in [0.4, 0.5) is 0 Å². The van der Waals surface area contributed by atoms with Crippen molar-refractivity contribution in [1.29, 1.82) is 0 Å². The van der Waals surface area contributed by atoms with Crippen molar-refractivity contribution >= 4 is 16.8 Å². The van der Waals surface area contributed by atoms with Gasteiger partial charge in [0, 0.05) is 11.9 Å². The number of benzene rings is 1. The van der Waals surface area contributed by atoms with Gasteiger partial charge in [-0.3, -0.25) is 14.3 Å². The normalized spacial score (nSPS) is 11.7. The molecule has 0 aliphatic carbocycles. The van der Waals surface area contributed by atoms with Crippen LogP contribution in [0.1, 0.15) is 37.6 Å². The number of nitrogens with one attached hydrogen (secondary N) is 1. The Morgan fingerprint density at radius 3 is 2.44 bits per heavy atom. The SMILES string of the molecule is Cc1ccc(CNC(=O)Cn2nc(C)c3cnn(C(C)(C)C)c3c2=O)cc1. The molecule has 0 unspecified atom stereocenters. The Hall–Kier alpha value is -2.96. The summed E-state index contributed by atoms with van der Waals surface area (Å²) in [7, 11) is 0. The largest absolute Gasteiger partial charge is 0.350 e. The first-order valence-corrected chi connectivity index (χ1v) is 8.95. The number of carbonyl (C=O) groups excluding carboxylic acids is 1. The lowest BCUT2D eigenvalue weighted by atomic mass is 10.1. The summed E-state index contributed by atoms with van der Waals surface area (Å²) in [4.78, 5) is 25.3. The van der Waals surface area contributed by atoms with E-state index in [9.17, 15) is 9.59 Å². The van der Waals surface area contributed by atoms with E-state index >= 15 is 0 Å². The monoisotopic (exact) mass is 367 g/mol. The zero-order valence-electron chi connectivity index (χ0n) is 16.4. The molecule has 2 heterocycles. The molecule has 7 heteroatoms. The number of fused-ring (bicyclic) bond motifs is 1. The number of nitrogens with zero attached hydrogens (tertiary/aromatic N) is 4. The number of hydrogen-bond donors (Lipinski definition) is 1. The maximum Gasteiger partial charge on any atom is 0.293 e. The number of aromatic nitrogens is 4. The number of aryl methyl sites for hydroxylation is 2. The van der Waals surface area contributed by atoms with E-state index in [2.05, 4.69) is 15.5 Å². The Kier molecular flexibility index (Phi) is 4.87. The van der Waals surface area contributed by atoms with Crippen molar-refractivity contribution in [1.82, 2.24) is 24.9 Å². The van der Waals surface area contributed by atoms with E-state index in [1.54, 1.807) is 10.9 Å². The minimum absolute atomic E-state index is 0.128. The first-order valence-electron chi connectivity index (χ1n) is 8.95. The summed E-state index contributed by atoms with van der Waals surface area (Å²) in [5.41, 5.74) is 2.66. The molecule has 0 bridgehead atoms. The molecule has 0 saturated heterocycles. The predicted octanol–water partition coefficient (Wildman–Crippen LogP) is 2.28. The number of carbonyl (C=O) groups is 1. The molecule has 27 heavy (non-hydrogen) atoms. The summed E-state index contributed by atoms with van der Waals surface area (Å²) in [5, 5.41) is 12.2. The minimum atomic E-state index is -0.347. The highest BCUT2D eigenvalue weighted by molar-refractivity contribution is 5.81. The second kappa shape index (κ2) is 6.98. The van der Waals surface area contributed by atoms with E-state index in [4.69, 9.17) is 0 Å². The Bertz CT molecular complexity index is 1040. The predicted molar refractivity (Wildman–Crippen MR) is 105 cm³/mol. The summed E-state index contributed by atoms with van der Waals surface area (Å²) in [6.07, 6.45) is 1.66. The van der Waals surface area contributed by atoms with Gasteiger partial charge in [-0.25, -0.2) is 4.68 Å². The fourth-order valence-electron chi connectivity index (χ4n) is 2.94. The van der Waals surface area contributed by atoms with Crippen LogP contribution in [-0.4, -0.2) is 25.5 Å². The van der Waals surface area contributed by atoms with Gasteiger partial charge in [-0.15, -0.1) is 0 Å². The van der Waals surface area contributed by atoms with Gasteiger partial charge in [-0.1, -0.05) is 29.8 Å². The molecule has 3 rings (SSSR count). The van der Waals surface area contributed by atoms with E-state index in [1.165, 1.54) is 10.2 Å². The Balaban J connectivity index is 1.84. The summed E-state index contributed by atoms with van der Waals surface area (Å²) in [6, 6.07) is 7.94. The molecule has 3 aromatic rings. The molecule has 142 valence electrons. The van der Waals surface area contributed by atoms with Crippen LogP contribution in [0.15, 0.2) is 35.3 Å². The maximum absolute atomic E-state index is 12.9. The fourth-order valence-corrected chi connectivity index (χ4v) is 2.94. The van der Waals surface area contributed by atoms with Crippen molar-refractivity contribution in [3.05, 3.63) is 57.6 Å². The number of hydrogen-bond acceptors (Lipinski definition) is 4. The van der Waals surface area contributed by atoms with Crippen molar-refractivity contribution < 1.29 is 4.79 Å². The van der Waals surface area contributed by atoms with Crippen molar-refractivity contribution in [2.75, 3.05) is 0 Å². The average molecular weight is 367 g/mol. The van der Waals surface area contributed by atoms with E-state index in [0.717, 1.165) is 5.56 Å². The molecule has 0 saturated carbocycles. The lowest BCUT2D eigenvalue weighted by Crippen LogP contribution is -2.35. The van der Waals surface area contributed by atoms with Gasteiger partial charge in [0.05, 0.1) is 17.4 Å². The molecule has 0 aliphatic rings. The molecule has 0 fully saturated rings. The van der Waals surface area contributed by atoms with Crippen LogP contribution in [0.2, 0.25) is 0 Å². The standard InChI is InChI=1S/C20H25N5O2/c1-13-6-8-15(9-7-13)10-21-17(26)12-24-19(27)18-16(14(2)23-24)11-22-25(18)20(3,4)5/h6-9,11H,10,12H2,1-5H3,(H,21,26). The van der Waals surface area contributed by atoms with Gasteiger partial charge in [0.25, 0.3) is 5.56 Å². The quantitative estimate of drug-likeness (QED) is 0.767. The maximum atomic E-state index is 12.9. The van der Waals surface area contributed by atoms with Gasteiger partial charge < -0.3 is 5.32 Å². The van der Waals surface area contributed by atoms with E-state index in [-0.39, 0.29) is 23.6 Å². The Labute approximate surface area is 158 Å². The van der Waals surface area contributed by atoms with Crippen molar-refractivity contribution in [2.45, 2.75) is 53.2 Å². The van der Waals surface area contributed by atoms with Crippen molar-refractivity contribution in [3.8, 4) is 0 Å². The van der Waals surface area contributed by atoms with E-state index in [0.29, 0.717) is 23.1 Å². The molecule has 0 aliphatic heterocycles. The second-order valence-corrected chi connectivity index (χ2v) is 7.80. The van der Waals surface area contributed by atoms with E-state index < -0.39 is 0 Å². The summed E-state index contributed by atoms with van der Waals surface area (Å²) in [6.45, 7) is 10.1. The van der Waals surface area contributed by atoms with Gasteiger partial charge in [0.1, 0.15) is 12.1 Å². The summed E-state index contributed by atoms with van der Waals surface area (Å²) >= 11 is 0. The van der Waals surface area contributed by atoms with Crippen LogP contribution in [0.25, 0.3) is 10.9 Å². The van der Waals surface area contributed by atoms with Crippen LogP contribution in [-0.2, 0) is 23.4 Å². The first kappa shape index (κ1) is 18.8. The highest BCUT2D eigenvalue weighted by atomic mass is 16.2. The average Bonchev–Trinajstić information content (AvgIpc) is 3.05. The molecular weight excluding hydrogens is 342 g/mol. The van der Waals surface area contributed by atoms with Crippen LogP contribution in [0.5, 0.6) is 0 Å². The van der Waals surface area contributed by atoms with E-state index in [1.807, 2.05) is 58.9 Å². The van der Waals surface area contributed by atoms with Crippen LogP contribution in [0.3, 0.4) is 0 Å². The Morgan fingerprint density at radius 1 is 1.15 bits per heavy atom. The van der Waals surface area contributed by atoms with Crippen molar-refractivity contribution in [2.24, 2.45) is 0 Å². The first-order chi connectivity index (χ1) is 12.7. The molecule has 0 atom stereocenters. The topological polar surface area (TPSA) is 81.8 Å². The van der Waals surface area contributed by atoms with Gasteiger partial charge in [-0.2, -0.15) is 10.2 Å². The minimum Gasteiger partial charge on any atom is -0.350 e. The zero-order chi connectivity index (χ0) is 19.8. The van der Waals surface area contributed by atoms with Crippen LogP contribution < -0.4 is 10.9 Å². The van der Waals surface area contributed by atoms with Crippen molar-refractivity contribution in [3.63, 3.8) is 0 Å². The smallest absolute Gasteiger partial charge is 0.293 e. The molecular formula is C20H25N5O2. The molecule has 1 aromatic carbocycles.